The van der Waals surface area contributed by atoms with Gasteiger partial charge in [-0.15, -0.1) is 0 Å². The molecule has 4 rings (SSSR count). The van der Waals surface area contributed by atoms with E-state index >= 15 is 0 Å². The molecule has 1 aliphatic rings. The number of benzene rings is 2. The van der Waals surface area contributed by atoms with Gasteiger partial charge in [-0.2, -0.15) is 0 Å². The maximum absolute atomic E-state index is 12.9. The number of pyridine rings is 1. The maximum atomic E-state index is 12.9. The van der Waals surface area contributed by atoms with Gasteiger partial charge in [0.1, 0.15) is 23.7 Å². The van der Waals surface area contributed by atoms with Crippen molar-refractivity contribution in [3.8, 4) is 5.75 Å². The van der Waals surface area contributed by atoms with E-state index in [2.05, 4.69) is 52.0 Å². The SMILES string of the molecule is CCN(Cc1ccccc1OCc1ccccc1)[C@@H]1CCN(c2nccc(C)c2C(=O)OC(C)C)C1. The van der Waals surface area contributed by atoms with Crippen LogP contribution in [0.1, 0.15) is 54.2 Å². The molecule has 0 amide bonds. The van der Waals surface area contributed by atoms with Crippen molar-refractivity contribution in [3.05, 3.63) is 89.1 Å². The lowest BCUT2D eigenvalue weighted by Crippen LogP contribution is -2.37. The Hall–Kier alpha value is -3.38. The van der Waals surface area contributed by atoms with Gasteiger partial charge in [0.15, 0.2) is 0 Å². The molecule has 2 heterocycles. The Morgan fingerprint density at radius 2 is 1.86 bits per heavy atom. The normalized spacial score (nSPS) is 15.5. The Labute approximate surface area is 214 Å². The van der Waals surface area contributed by atoms with Crippen molar-refractivity contribution in [2.45, 2.75) is 59.4 Å². The summed E-state index contributed by atoms with van der Waals surface area (Å²) in [6, 6.07) is 20.8. The topological polar surface area (TPSA) is 54.9 Å². The quantitative estimate of drug-likeness (QED) is 0.345. The molecule has 36 heavy (non-hydrogen) atoms. The van der Waals surface area contributed by atoms with Gasteiger partial charge in [-0.25, -0.2) is 9.78 Å². The molecular weight excluding hydrogens is 450 g/mol. The van der Waals surface area contributed by atoms with Crippen molar-refractivity contribution in [1.82, 2.24) is 9.88 Å². The van der Waals surface area contributed by atoms with Gasteiger partial charge in [0.2, 0.25) is 0 Å². The van der Waals surface area contributed by atoms with Gasteiger partial charge < -0.3 is 14.4 Å². The lowest BCUT2D eigenvalue weighted by atomic mass is 10.1. The van der Waals surface area contributed by atoms with Crippen molar-refractivity contribution < 1.29 is 14.3 Å². The fraction of sp³-hybridized carbons (Fsp3) is 0.400. The highest BCUT2D eigenvalue weighted by Gasteiger charge is 2.31. The highest BCUT2D eigenvalue weighted by Crippen LogP contribution is 2.29. The van der Waals surface area contributed by atoms with Crippen molar-refractivity contribution in [3.63, 3.8) is 0 Å². The molecule has 6 nitrogen and oxygen atoms in total. The Kier molecular flexibility index (Phi) is 8.60. The second-order valence-corrected chi connectivity index (χ2v) is 9.61. The van der Waals surface area contributed by atoms with Crippen molar-refractivity contribution >= 4 is 11.8 Å². The summed E-state index contributed by atoms with van der Waals surface area (Å²) < 4.78 is 11.7. The highest BCUT2D eigenvalue weighted by molar-refractivity contribution is 5.96. The molecule has 1 aliphatic heterocycles. The maximum Gasteiger partial charge on any atom is 0.342 e. The number of hydrogen-bond acceptors (Lipinski definition) is 6. The lowest BCUT2D eigenvalue weighted by Gasteiger charge is -2.29. The van der Waals surface area contributed by atoms with E-state index in [0.29, 0.717) is 18.2 Å². The standard InChI is InChI=1S/C30H37N3O3/c1-5-32(19-25-13-9-10-14-27(25)35-21-24-11-7-6-8-12-24)26-16-18-33(20-26)29-28(23(4)15-17-31-29)30(34)36-22(2)3/h6-15,17,22,26H,5,16,18-21H2,1-4H3/t26-/m1/s1. The lowest BCUT2D eigenvalue weighted by molar-refractivity contribution is 0.0377. The summed E-state index contributed by atoms with van der Waals surface area (Å²) in [5, 5.41) is 0. The van der Waals surface area contributed by atoms with Gasteiger partial charge in [-0.05, 0) is 57.0 Å². The zero-order chi connectivity index (χ0) is 25.5. The number of anilines is 1. The first-order valence-electron chi connectivity index (χ1n) is 12.9. The van der Waals surface area contributed by atoms with Gasteiger partial charge in [0, 0.05) is 37.4 Å². The number of esters is 1. The highest BCUT2D eigenvalue weighted by atomic mass is 16.5. The monoisotopic (exact) mass is 487 g/mol. The Morgan fingerprint density at radius 1 is 1.11 bits per heavy atom. The third-order valence-corrected chi connectivity index (χ3v) is 6.65. The van der Waals surface area contributed by atoms with Crippen LogP contribution in [0, 0.1) is 6.92 Å². The molecule has 190 valence electrons. The molecule has 1 fully saturated rings. The Bertz CT molecular complexity index is 1150. The number of aryl methyl sites for hydroxylation is 1. The summed E-state index contributed by atoms with van der Waals surface area (Å²) in [5.41, 5.74) is 3.81. The first-order chi connectivity index (χ1) is 17.5. The first kappa shape index (κ1) is 25.7. The minimum absolute atomic E-state index is 0.170. The van der Waals surface area contributed by atoms with Crippen LogP contribution in [-0.4, -0.2) is 47.6 Å². The first-order valence-corrected chi connectivity index (χ1v) is 12.9. The molecule has 0 aliphatic carbocycles. The van der Waals surface area contributed by atoms with E-state index in [1.807, 2.05) is 51.1 Å². The molecule has 1 saturated heterocycles. The molecule has 0 radical (unpaired) electrons. The molecule has 0 unspecified atom stereocenters. The van der Waals surface area contributed by atoms with E-state index in [4.69, 9.17) is 9.47 Å². The number of carbonyl (C=O) groups excluding carboxylic acids is 1. The van der Waals surface area contributed by atoms with Crippen LogP contribution in [0.3, 0.4) is 0 Å². The predicted octanol–water partition coefficient (Wildman–Crippen LogP) is 5.64. The van der Waals surface area contributed by atoms with Gasteiger partial charge in [-0.1, -0.05) is 55.5 Å². The van der Waals surface area contributed by atoms with E-state index < -0.39 is 0 Å². The van der Waals surface area contributed by atoms with E-state index in [1.54, 1.807) is 6.20 Å². The number of nitrogens with zero attached hydrogens (tertiary/aromatic N) is 3. The number of hydrogen-bond donors (Lipinski definition) is 0. The average Bonchev–Trinajstić information content (AvgIpc) is 3.36. The second kappa shape index (κ2) is 12.0. The summed E-state index contributed by atoms with van der Waals surface area (Å²) in [6.07, 6.45) is 2.62. The number of rotatable bonds is 10. The molecule has 0 N–H and O–H groups in total. The number of carbonyl (C=O) groups is 1. The fourth-order valence-corrected chi connectivity index (χ4v) is 4.77. The third kappa shape index (κ3) is 6.24. The van der Waals surface area contributed by atoms with Crippen LogP contribution in [-0.2, 0) is 17.9 Å². The number of ether oxygens (including phenoxy) is 2. The molecular formula is C30H37N3O3. The fourth-order valence-electron chi connectivity index (χ4n) is 4.77. The summed E-state index contributed by atoms with van der Waals surface area (Å²) in [4.78, 5) is 22.2. The third-order valence-electron chi connectivity index (χ3n) is 6.65. The second-order valence-electron chi connectivity index (χ2n) is 9.61. The van der Waals surface area contributed by atoms with Crippen LogP contribution in [0.2, 0.25) is 0 Å². The molecule has 2 aromatic carbocycles. The summed E-state index contributed by atoms with van der Waals surface area (Å²) >= 11 is 0. The van der Waals surface area contributed by atoms with Crippen LogP contribution >= 0.6 is 0 Å². The van der Waals surface area contributed by atoms with Gasteiger partial charge in [0.05, 0.1) is 6.10 Å². The number of para-hydroxylation sites is 1. The predicted molar refractivity (Wildman–Crippen MR) is 143 cm³/mol. The van der Waals surface area contributed by atoms with E-state index in [0.717, 1.165) is 55.3 Å². The van der Waals surface area contributed by atoms with Crippen molar-refractivity contribution in [2.24, 2.45) is 0 Å². The zero-order valence-electron chi connectivity index (χ0n) is 21.8. The van der Waals surface area contributed by atoms with Crippen LogP contribution in [0.25, 0.3) is 0 Å². The molecule has 0 bridgehead atoms. The zero-order valence-corrected chi connectivity index (χ0v) is 21.8. The number of likely N-dealkylation sites (N-methyl/N-ethyl adjacent to an activating group) is 1. The molecule has 3 aromatic rings. The van der Waals surface area contributed by atoms with Crippen LogP contribution in [0.5, 0.6) is 5.75 Å². The molecule has 6 heteroatoms. The molecule has 1 aromatic heterocycles. The smallest absolute Gasteiger partial charge is 0.342 e. The minimum Gasteiger partial charge on any atom is -0.489 e. The van der Waals surface area contributed by atoms with Crippen LogP contribution in [0.4, 0.5) is 5.82 Å². The summed E-state index contributed by atoms with van der Waals surface area (Å²) in [5.74, 6) is 1.35. The van der Waals surface area contributed by atoms with E-state index in [1.165, 1.54) is 5.56 Å². The summed E-state index contributed by atoms with van der Waals surface area (Å²) in [6.45, 7) is 11.8. The van der Waals surface area contributed by atoms with Crippen LogP contribution < -0.4 is 9.64 Å². The Balaban J connectivity index is 1.46. The van der Waals surface area contributed by atoms with Gasteiger partial charge in [-0.3, -0.25) is 4.90 Å². The molecule has 0 spiro atoms. The summed E-state index contributed by atoms with van der Waals surface area (Å²) in [7, 11) is 0. The van der Waals surface area contributed by atoms with E-state index in [-0.39, 0.29) is 12.1 Å². The Morgan fingerprint density at radius 3 is 2.61 bits per heavy atom. The minimum atomic E-state index is -0.300. The van der Waals surface area contributed by atoms with Gasteiger partial charge >= 0.3 is 5.97 Å². The van der Waals surface area contributed by atoms with Crippen molar-refractivity contribution in [1.29, 1.82) is 0 Å². The molecule has 0 saturated carbocycles. The molecule has 1 atom stereocenters. The number of aromatic nitrogens is 1. The van der Waals surface area contributed by atoms with Crippen molar-refractivity contribution in [2.75, 3.05) is 24.5 Å². The van der Waals surface area contributed by atoms with Crippen LogP contribution in [0.15, 0.2) is 66.9 Å². The largest absolute Gasteiger partial charge is 0.489 e. The van der Waals surface area contributed by atoms with Gasteiger partial charge in [0.25, 0.3) is 0 Å². The van der Waals surface area contributed by atoms with E-state index in [9.17, 15) is 4.79 Å². The average molecular weight is 488 g/mol.